The normalized spacial score (nSPS) is 10.1. The molecule has 0 fully saturated rings. The van der Waals surface area contributed by atoms with E-state index in [2.05, 4.69) is 15.9 Å². The molecule has 0 N–H and O–H groups in total. The zero-order valence-electron chi connectivity index (χ0n) is 7.59. The van der Waals surface area contributed by atoms with Crippen molar-refractivity contribution in [3.8, 4) is 0 Å². The van der Waals surface area contributed by atoms with Crippen molar-refractivity contribution in [2.24, 2.45) is 0 Å². The molecule has 0 amide bonds. The number of hydrogen-bond acceptors (Lipinski definition) is 3. The Morgan fingerprint density at radius 2 is 2.38 bits per heavy atom. The minimum Gasteiger partial charge on any atom is -0.462 e. The first kappa shape index (κ1) is 10.7. The van der Waals surface area contributed by atoms with Crippen LogP contribution in [0.25, 0.3) is 0 Å². The Balaban J connectivity index is 2.66. The molecule has 4 heteroatoms. The highest BCUT2D eigenvalue weighted by Crippen LogP contribution is 2.27. The van der Waals surface area contributed by atoms with Crippen molar-refractivity contribution in [2.45, 2.75) is 20.3 Å². The summed E-state index contributed by atoms with van der Waals surface area (Å²) in [5.41, 5.74) is 1.08. The Labute approximate surface area is 90.0 Å². The van der Waals surface area contributed by atoms with Gasteiger partial charge in [0.1, 0.15) is 4.88 Å². The minimum atomic E-state index is -0.222. The van der Waals surface area contributed by atoms with Gasteiger partial charge in [-0.1, -0.05) is 6.92 Å². The lowest BCUT2D eigenvalue weighted by molar-refractivity contribution is 0.0511. The van der Waals surface area contributed by atoms with Crippen LogP contribution in [0, 0.1) is 6.92 Å². The monoisotopic (exact) mass is 262 g/mol. The molecule has 13 heavy (non-hydrogen) atoms. The molecule has 1 heterocycles. The molecule has 1 aromatic heterocycles. The second-order valence-electron chi connectivity index (χ2n) is 2.70. The van der Waals surface area contributed by atoms with Gasteiger partial charge in [-0.05, 0) is 40.9 Å². The summed E-state index contributed by atoms with van der Waals surface area (Å²) in [5.74, 6) is -0.222. The van der Waals surface area contributed by atoms with E-state index < -0.39 is 0 Å². The van der Waals surface area contributed by atoms with Crippen molar-refractivity contribution in [1.82, 2.24) is 0 Å². The molecule has 0 unspecified atom stereocenters. The van der Waals surface area contributed by atoms with E-state index in [0.717, 1.165) is 15.8 Å². The van der Waals surface area contributed by atoms with Gasteiger partial charge in [0.05, 0.1) is 10.4 Å². The zero-order chi connectivity index (χ0) is 9.84. The van der Waals surface area contributed by atoms with Gasteiger partial charge < -0.3 is 4.74 Å². The second-order valence-corrected chi connectivity index (χ2v) is 5.07. The molecular formula is C9H11BrO2S. The van der Waals surface area contributed by atoms with Crippen LogP contribution < -0.4 is 0 Å². The third-order valence-electron chi connectivity index (χ3n) is 1.50. The molecule has 0 aliphatic rings. The van der Waals surface area contributed by atoms with Crippen LogP contribution in [0.3, 0.4) is 0 Å². The topological polar surface area (TPSA) is 26.3 Å². The fourth-order valence-corrected chi connectivity index (χ4v) is 2.25. The van der Waals surface area contributed by atoms with Gasteiger partial charge in [0.15, 0.2) is 0 Å². The lowest BCUT2D eigenvalue weighted by Gasteiger charge is -1.98. The van der Waals surface area contributed by atoms with Crippen molar-refractivity contribution in [1.29, 1.82) is 0 Å². The van der Waals surface area contributed by atoms with Crippen LogP contribution in [0.5, 0.6) is 0 Å². The summed E-state index contributed by atoms with van der Waals surface area (Å²) in [6.07, 6.45) is 0.858. The predicted molar refractivity (Wildman–Crippen MR) is 57.3 cm³/mol. The fourth-order valence-electron chi connectivity index (χ4n) is 0.826. The number of carbonyl (C=O) groups excluding carboxylic acids is 1. The molecule has 0 aliphatic heterocycles. The summed E-state index contributed by atoms with van der Waals surface area (Å²) in [6, 6.07) is 1.84. The first-order chi connectivity index (χ1) is 6.15. The molecular weight excluding hydrogens is 252 g/mol. The first-order valence-corrected chi connectivity index (χ1v) is 5.69. The standard InChI is InChI=1S/C9H11BrO2S/c1-3-4-12-9(11)7-5-6(2)8(10)13-7/h5H,3-4H2,1-2H3. The van der Waals surface area contributed by atoms with Crippen molar-refractivity contribution in [3.63, 3.8) is 0 Å². The van der Waals surface area contributed by atoms with E-state index >= 15 is 0 Å². The van der Waals surface area contributed by atoms with Crippen LogP contribution in [0.4, 0.5) is 0 Å². The molecule has 0 saturated carbocycles. The molecule has 0 radical (unpaired) electrons. The number of carbonyl (C=O) groups is 1. The summed E-state index contributed by atoms with van der Waals surface area (Å²) >= 11 is 4.78. The highest BCUT2D eigenvalue weighted by atomic mass is 79.9. The smallest absolute Gasteiger partial charge is 0.348 e. The first-order valence-electron chi connectivity index (χ1n) is 4.08. The highest BCUT2D eigenvalue weighted by molar-refractivity contribution is 9.11. The number of hydrogen-bond donors (Lipinski definition) is 0. The number of ether oxygens (including phenoxy) is 1. The van der Waals surface area contributed by atoms with Crippen molar-refractivity contribution in [2.75, 3.05) is 6.61 Å². The van der Waals surface area contributed by atoms with E-state index in [-0.39, 0.29) is 5.97 Å². The van der Waals surface area contributed by atoms with Gasteiger partial charge in [-0.25, -0.2) is 4.79 Å². The SMILES string of the molecule is CCCOC(=O)c1cc(C)c(Br)s1. The third-order valence-corrected chi connectivity index (χ3v) is 3.61. The van der Waals surface area contributed by atoms with Gasteiger partial charge in [-0.15, -0.1) is 11.3 Å². The Bertz CT molecular complexity index is 287. The summed E-state index contributed by atoms with van der Waals surface area (Å²) in [4.78, 5) is 12.0. The van der Waals surface area contributed by atoms with Gasteiger partial charge in [0, 0.05) is 0 Å². The molecule has 0 spiro atoms. The van der Waals surface area contributed by atoms with Crippen LogP contribution in [0.1, 0.15) is 28.6 Å². The minimum absolute atomic E-state index is 0.222. The third kappa shape index (κ3) is 2.81. The largest absolute Gasteiger partial charge is 0.462 e. The number of aryl methyl sites for hydroxylation is 1. The molecule has 0 aromatic carbocycles. The fraction of sp³-hybridized carbons (Fsp3) is 0.444. The number of halogens is 1. The average Bonchev–Trinajstić information content (AvgIpc) is 2.43. The number of rotatable bonds is 3. The van der Waals surface area contributed by atoms with E-state index in [0.29, 0.717) is 11.5 Å². The molecule has 0 saturated heterocycles. The van der Waals surface area contributed by atoms with E-state index in [1.807, 2.05) is 19.9 Å². The maximum Gasteiger partial charge on any atom is 0.348 e. The summed E-state index contributed by atoms with van der Waals surface area (Å²) in [6.45, 7) is 4.42. The van der Waals surface area contributed by atoms with Crippen molar-refractivity contribution >= 4 is 33.2 Å². The van der Waals surface area contributed by atoms with Crippen LogP contribution >= 0.6 is 27.3 Å². The number of esters is 1. The van der Waals surface area contributed by atoms with Gasteiger partial charge in [-0.3, -0.25) is 0 Å². The molecule has 1 aromatic rings. The lowest BCUT2D eigenvalue weighted by Crippen LogP contribution is -2.03. The number of thiophene rings is 1. The molecule has 2 nitrogen and oxygen atoms in total. The average molecular weight is 263 g/mol. The Hall–Kier alpha value is -0.350. The summed E-state index contributed by atoms with van der Waals surface area (Å²) < 4.78 is 5.99. The van der Waals surface area contributed by atoms with Crippen LogP contribution in [-0.4, -0.2) is 12.6 Å². The van der Waals surface area contributed by atoms with Crippen molar-refractivity contribution in [3.05, 3.63) is 20.3 Å². The van der Waals surface area contributed by atoms with Gasteiger partial charge in [0.25, 0.3) is 0 Å². The van der Waals surface area contributed by atoms with Crippen LogP contribution in [0.2, 0.25) is 0 Å². The highest BCUT2D eigenvalue weighted by Gasteiger charge is 2.11. The summed E-state index contributed by atoms with van der Waals surface area (Å²) in [7, 11) is 0. The zero-order valence-corrected chi connectivity index (χ0v) is 10.00. The van der Waals surface area contributed by atoms with Crippen molar-refractivity contribution < 1.29 is 9.53 Å². The van der Waals surface area contributed by atoms with E-state index in [1.165, 1.54) is 11.3 Å². The Morgan fingerprint density at radius 3 is 2.85 bits per heavy atom. The quantitative estimate of drug-likeness (QED) is 0.781. The Kier molecular flexibility index (Phi) is 3.93. The molecule has 0 atom stereocenters. The molecule has 1 rings (SSSR count). The van der Waals surface area contributed by atoms with Crippen LogP contribution in [-0.2, 0) is 4.74 Å². The van der Waals surface area contributed by atoms with Gasteiger partial charge in [0.2, 0.25) is 0 Å². The summed E-state index contributed by atoms with van der Waals surface area (Å²) in [5, 5.41) is 0. The van der Waals surface area contributed by atoms with E-state index in [9.17, 15) is 4.79 Å². The predicted octanol–water partition coefficient (Wildman–Crippen LogP) is 3.39. The molecule has 72 valence electrons. The van der Waals surface area contributed by atoms with Gasteiger partial charge >= 0.3 is 5.97 Å². The lowest BCUT2D eigenvalue weighted by atomic mass is 10.3. The maximum atomic E-state index is 11.3. The van der Waals surface area contributed by atoms with Gasteiger partial charge in [-0.2, -0.15) is 0 Å². The molecule has 0 bridgehead atoms. The van der Waals surface area contributed by atoms with E-state index in [4.69, 9.17) is 4.74 Å². The maximum absolute atomic E-state index is 11.3. The Morgan fingerprint density at radius 1 is 1.69 bits per heavy atom. The second kappa shape index (κ2) is 4.77. The molecule has 0 aliphatic carbocycles. The van der Waals surface area contributed by atoms with E-state index in [1.54, 1.807) is 0 Å². The van der Waals surface area contributed by atoms with Crippen LogP contribution in [0.15, 0.2) is 9.85 Å².